The summed E-state index contributed by atoms with van der Waals surface area (Å²) in [6.45, 7) is -0.0341. The molecule has 1 aliphatic rings. The molecule has 0 saturated heterocycles. The quantitative estimate of drug-likeness (QED) is 0.681. The van der Waals surface area contributed by atoms with Gasteiger partial charge in [0, 0.05) is 12.5 Å². The molecule has 1 fully saturated rings. The number of methoxy groups -OCH3 is 1. The highest BCUT2D eigenvalue weighted by Gasteiger charge is 2.24. The Morgan fingerprint density at radius 2 is 1.86 bits per heavy atom. The fraction of sp³-hybridized carbons (Fsp3) is 0.286. The zero-order valence-electron chi connectivity index (χ0n) is 15.7. The number of carbonyl (C=O) groups excluding carboxylic acids is 1. The molecule has 1 amide bonds. The van der Waals surface area contributed by atoms with E-state index in [4.69, 9.17) is 4.74 Å². The lowest BCUT2D eigenvalue weighted by Gasteiger charge is -2.06. The Kier molecular flexibility index (Phi) is 4.97. The topological polar surface area (TPSA) is 78.2 Å². The Morgan fingerprint density at radius 1 is 1.14 bits per heavy atom. The average molecular weight is 378 g/mol. The van der Waals surface area contributed by atoms with Gasteiger partial charge in [-0.05, 0) is 42.7 Å². The molecule has 1 heterocycles. The summed E-state index contributed by atoms with van der Waals surface area (Å²) >= 11 is 0. The second-order valence-corrected chi connectivity index (χ2v) is 6.90. The molecule has 1 aliphatic carbocycles. The number of nitrogens with one attached hydrogen (secondary N) is 1. The first-order valence-electron chi connectivity index (χ1n) is 9.30. The van der Waals surface area contributed by atoms with Crippen LogP contribution < -0.4 is 15.7 Å². The molecule has 0 bridgehead atoms. The molecule has 7 heteroatoms. The lowest BCUT2D eigenvalue weighted by molar-refractivity contribution is -0.121. The first kappa shape index (κ1) is 18.0. The van der Waals surface area contributed by atoms with Crippen LogP contribution in [0.3, 0.4) is 0 Å². The van der Waals surface area contributed by atoms with Gasteiger partial charge in [-0.3, -0.25) is 9.36 Å². The summed E-state index contributed by atoms with van der Waals surface area (Å²) < 4.78 is 7.96. The van der Waals surface area contributed by atoms with Gasteiger partial charge in [-0.1, -0.05) is 30.3 Å². The van der Waals surface area contributed by atoms with Gasteiger partial charge >= 0.3 is 5.69 Å². The lowest BCUT2D eigenvalue weighted by Crippen LogP contribution is -2.34. The van der Waals surface area contributed by atoms with Crippen molar-refractivity contribution in [3.63, 3.8) is 0 Å². The van der Waals surface area contributed by atoms with E-state index in [0.717, 1.165) is 18.4 Å². The van der Waals surface area contributed by atoms with Gasteiger partial charge in [0.2, 0.25) is 5.91 Å². The molecule has 0 aliphatic heterocycles. The van der Waals surface area contributed by atoms with Crippen LogP contribution in [0.2, 0.25) is 0 Å². The van der Waals surface area contributed by atoms with Gasteiger partial charge < -0.3 is 10.1 Å². The van der Waals surface area contributed by atoms with E-state index in [-0.39, 0.29) is 24.2 Å². The van der Waals surface area contributed by atoms with Gasteiger partial charge in [0.25, 0.3) is 0 Å². The van der Waals surface area contributed by atoms with E-state index in [9.17, 15) is 9.59 Å². The molecule has 0 atom stereocenters. The number of ether oxygens (including phenoxy) is 1. The van der Waals surface area contributed by atoms with Crippen molar-refractivity contribution in [3.05, 3.63) is 76.5 Å². The lowest BCUT2D eigenvalue weighted by atomic mass is 10.1. The van der Waals surface area contributed by atoms with E-state index in [1.807, 2.05) is 30.3 Å². The molecule has 0 unspecified atom stereocenters. The third kappa shape index (κ3) is 3.98. The van der Waals surface area contributed by atoms with E-state index >= 15 is 0 Å². The molecule has 1 aromatic heterocycles. The maximum atomic E-state index is 13.0. The van der Waals surface area contributed by atoms with Gasteiger partial charge in [-0.15, -0.1) is 5.10 Å². The maximum Gasteiger partial charge on any atom is 0.351 e. The van der Waals surface area contributed by atoms with Gasteiger partial charge in [-0.2, -0.15) is 4.68 Å². The molecule has 1 saturated carbocycles. The molecular weight excluding hydrogens is 356 g/mol. The smallest absolute Gasteiger partial charge is 0.351 e. The molecular formula is C21H22N4O3. The van der Waals surface area contributed by atoms with Crippen molar-refractivity contribution in [3.8, 4) is 11.4 Å². The van der Waals surface area contributed by atoms with Crippen LogP contribution in [0.5, 0.6) is 5.75 Å². The Hall–Kier alpha value is -3.35. The molecule has 0 spiro atoms. The normalized spacial score (nSPS) is 13.3. The SMILES string of the molecule is COc1ccc(-n2nc(Cc3ccccc3)n(CC(=O)NC3CC3)c2=O)cc1. The van der Waals surface area contributed by atoms with Crippen LogP contribution >= 0.6 is 0 Å². The van der Waals surface area contributed by atoms with Crippen molar-refractivity contribution >= 4 is 5.91 Å². The fourth-order valence-electron chi connectivity index (χ4n) is 3.04. The number of rotatable bonds is 7. The Labute approximate surface area is 162 Å². The molecule has 2 aromatic carbocycles. The number of hydrogen-bond donors (Lipinski definition) is 1. The van der Waals surface area contributed by atoms with Crippen LogP contribution in [0.4, 0.5) is 0 Å². The molecule has 3 aromatic rings. The van der Waals surface area contributed by atoms with E-state index in [0.29, 0.717) is 23.7 Å². The van der Waals surface area contributed by atoms with Gasteiger partial charge in [0.1, 0.15) is 18.1 Å². The van der Waals surface area contributed by atoms with E-state index in [1.165, 1.54) is 9.25 Å². The van der Waals surface area contributed by atoms with Gasteiger partial charge in [0.15, 0.2) is 0 Å². The molecule has 4 rings (SSSR count). The number of benzene rings is 2. The molecule has 28 heavy (non-hydrogen) atoms. The fourth-order valence-corrected chi connectivity index (χ4v) is 3.04. The number of nitrogens with zero attached hydrogens (tertiary/aromatic N) is 3. The summed E-state index contributed by atoms with van der Waals surface area (Å²) in [6, 6.07) is 17.1. The third-order valence-corrected chi connectivity index (χ3v) is 4.71. The predicted molar refractivity (Wildman–Crippen MR) is 105 cm³/mol. The molecule has 0 radical (unpaired) electrons. The molecule has 7 nitrogen and oxygen atoms in total. The second kappa shape index (κ2) is 7.72. The first-order chi connectivity index (χ1) is 13.6. The van der Waals surface area contributed by atoms with Crippen LogP contribution in [0.1, 0.15) is 24.2 Å². The highest BCUT2D eigenvalue weighted by molar-refractivity contribution is 5.76. The third-order valence-electron chi connectivity index (χ3n) is 4.71. The monoisotopic (exact) mass is 378 g/mol. The molecule has 144 valence electrons. The van der Waals surface area contributed by atoms with Crippen molar-refractivity contribution < 1.29 is 9.53 Å². The number of hydrogen-bond acceptors (Lipinski definition) is 4. The number of carbonyl (C=O) groups is 1. The minimum absolute atomic E-state index is 0.0341. The summed E-state index contributed by atoms with van der Waals surface area (Å²) in [4.78, 5) is 25.3. The maximum absolute atomic E-state index is 13.0. The van der Waals surface area contributed by atoms with Crippen LogP contribution in [-0.2, 0) is 17.8 Å². The van der Waals surface area contributed by atoms with E-state index < -0.39 is 0 Å². The van der Waals surface area contributed by atoms with Crippen LogP contribution in [0.15, 0.2) is 59.4 Å². The zero-order valence-corrected chi connectivity index (χ0v) is 15.7. The summed E-state index contributed by atoms with van der Waals surface area (Å²) in [5.74, 6) is 1.09. The van der Waals surface area contributed by atoms with E-state index in [1.54, 1.807) is 31.4 Å². The summed E-state index contributed by atoms with van der Waals surface area (Å²) in [5, 5.41) is 7.46. The van der Waals surface area contributed by atoms with Crippen molar-refractivity contribution in [1.82, 2.24) is 19.7 Å². The van der Waals surface area contributed by atoms with Crippen molar-refractivity contribution in [1.29, 1.82) is 0 Å². The highest BCUT2D eigenvalue weighted by atomic mass is 16.5. The number of aromatic nitrogens is 3. The highest BCUT2D eigenvalue weighted by Crippen LogP contribution is 2.18. The Balaban J connectivity index is 1.69. The number of amides is 1. The summed E-state index contributed by atoms with van der Waals surface area (Å²) in [5.41, 5.74) is 1.32. The largest absolute Gasteiger partial charge is 0.497 e. The predicted octanol–water partition coefficient (Wildman–Crippen LogP) is 1.91. The van der Waals surface area contributed by atoms with Crippen molar-refractivity contribution in [2.24, 2.45) is 0 Å². The summed E-state index contributed by atoms with van der Waals surface area (Å²) in [6.07, 6.45) is 2.47. The van der Waals surface area contributed by atoms with Crippen molar-refractivity contribution in [2.75, 3.05) is 7.11 Å². The standard InChI is InChI=1S/C21H22N4O3/c1-28-18-11-9-17(10-12-18)25-21(27)24(14-20(26)22-16-7-8-16)19(23-25)13-15-5-3-2-4-6-15/h2-6,9-12,16H,7-8,13-14H2,1H3,(H,22,26). The first-order valence-corrected chi connectivity index (χ1v) is 9.30. The summed E-state index contributed by atoms with van der Waals surface area (Å²) in [7, 11) is 1.59. The molecule has 1 N–H and O–H groups in total. The minimum Gasteiger partial charge on any atom is -0.497 e. The van der Waals surface area contributed by atoms with Gasteiger partial charge in [0.05, 0.1) is 12.8 Å². The van der Waals surface area contributed by atoms with Crippen LogP contribution in [0.25, 0.3) is 5.69 Å². The van der Waals surface area contributed by atoms with E-state index in [2.05, 4.69) is 10.4 Å². The average Bonchev–Trinajstić information content (AvgIpc) is 3.48. The zero-order chi connectivity index (χ0) is 19.5. The Bertz CT molecular complexity index is 1020. The Morgan fingerprint density at radius 3 is 2.50 bits per heavy atom. The van der Waals surface area contributed by atoms with Crippen LogP contribution in [-0.4, -0.2) is 33.4 Å². The van der Waals surface area contributed by atoms with Gasteiger partial charge in [-0.25, -0.2) is 4.79 Å². The minimum atomic E-state index is -0.331. The van der Waals surface area contributed by atoms with Crippen LogP contribution in [0, 0.1) is 0 Å². The second-order valence-electron chi connectivity index (χ2n) is 6.90. The van der Waals surface area contributed by atoms with Crippen molar-refractivity contribution in [2.45, 2.75) is 31.8 Å².